The first-order valence-corrected chi connectivity index (χ1v) is 8.35. The molecule has 0 radical (unpaired) electrons. The molecule has 0 saturated heterocycles. The highest BCUT2D eigenvalue weighted by atomic mass is 127. The first-order valence-electron chi connectivity index (χ1n) is 6.47. The van der Waals surface area contributed by atoms with Crippen molar-refractivity contribution in [3.05, 3.63) is 37.4 Å². The van der Waals surface area contributed by atoms with E-state index in [-0.39, 0.29) is 17.6 Å². The Morgan fingerprint density at radius 1 is 1.48 bits per heavy atom. The monoisotopic (exact) mass is 462 g/mol. The summed E-state index contributed by atoms with van der Waals surface area (Å²) in [6.07, 6.45) is 1.82. The Hall–Kier alpha value is -0.960. The number of hydrogen-bond acceptors (Lipinski definition) is 2. The summed E-state index contributed by atoms with van der Waals surface area (Å²) in [7, 11) is 0. The Labute approximate surface area is 141 Å². The van der Waals surface area contributed by atoms with Crippen LogP contribution in [0.3, 0.4) is 0 Å². The number of rotatable bonds is 1. The molecule has 108 valence electrons. The molecule has 5 rings (SSSR count). The lowest BCUT2D eigenvalue weighted by atomic mass is 9.76. The summed E-state index contributed by atoms with van der Waals surface area (Å²) in [5.74, 6) is -0.347. The fourth-order valence-corrected chi connectivity index (χ4v) is 4.54. The highest BCUT2D eigenvalue weighted by Gasteiger charge is 2.41. The minimum atomic E-state index is -1.03. The summed E-state index contributed by atoms with van der Waals surface area (Å²) < 4.78 is 16.9. The van der Waals surface area contributed by atoms with Crippen molar-refractivity contribution in [3.8, 4) is 11.4 Å². The van der Waals surface area contributed by atoms with Gasteiger partial charge in [0.05, 0.1) is 4.47 Å². The molecule has 2 bridgehead atoms. The molecule has 1 N–H and O–H groups in total. The van der Waals surface area contributed by atoms with Gasteiger partial charge in [-0.15, -0.1) is 0 Å². The third kappa shape index (κ3) is 1.82. The van der Waals surface area contributed by atoms with Crippen molar-refractivity contribution in [2.75, 3.05) is 0 Å². The average molecular weight is 463 g/mol. The van der Waals surface area contributed by atoms with Gasteiger partial charge in [0.1, 0.15) is 15.3 Å². The number of hydrogen-bond donors (Lipinski definition) is 1. The maximum atomic E-state index is 13.8. The number of nitrogens with zero attached hydrogens (tertiary/aromatic N) is 2. The number of aromatic carboxylic acids is 1. The number of carboxylic acids is 1. The molecular weight excluding hydrogens is 454 g/mol. The van der Waals surface area contributed by atoms with E-state index in [1.165, 1.54) is 0 Å². The zero-order chi connectivity index (χ0) is 14.9. The normalized spacial score (nSPS) is 22.0. The van der Waals surface area contributed by atoms with E-state index < -0.39 is 5.97 Å². The fourth-order valence-electron chi connectivity index (χ4n) is 3.22. The Morgan fingerprint density at radius 3 is 2.86 bits per heavy atom. The lowest BCUT2D eigenvalue weighted by Gasteiger charge is -2.34. The molecule has 4 nitrogen and oxygen atoms in total. The van der Waals surface area contributed by atoms with Crippen molar-refractivity contribution in [2.45, 2.75) is 24.8 Å². The Morgan fingerprint density at radius 2 is 2.19 bits per heavy atom. The minimum Gasteiger partial charge on any atom is -0.476 e. The number of imidazole rings is 1. The fraction of sp³-hybridized carbons (Fsp3) is 0.286. The quantitative estimate of drug-likeness (QED) is 0.646. The van der Waals surface area contributed by atoms with Crippen molar-refractivity contribution in [2.24, 2.45) is 0 Å². The topological polar surface area (TPSA) is 55.1 Å². The van der Waals surface area contributed by atoms with Gasteiger partial charge in [-0.1, -0.05) is 0 Å². The largest absolute Gasteiger partial charge is 0.476 e. The highest BCUT2D eigenvalue weighted by Crippen LogP contribution is 2.53. The molecule has 3 aliphatic rings. The second-order valence-electron chi connectivity index (χ2n) is 5.43. The summed E-state index contributed by atoms with van der Waals surface area (Å²) in [5.41, 5.74) is 1.84. The molecule has 1 aromatic heterocycles. The van der Waals surface area contributed by atoms with Crippen LogP contribution < -0.4 is 0 Å². The maximum absolute atomic E-state index is 13.8. The molecule has 2 aromatic rings. The standard InChI is InChI=1S/C14H9BrFIN2O2/c15-9-3-8-7(4-10(9)16)5-1-6(2-5)19-12(17)11(14(20)21)18-13(8)19/h3-6H,1-2H2,(H,20,21). The molecule has 1 fully saturated rings. The minimum absolute atomic E-state index is 0.0716. The molecule has 2 aliphatic heterocycles. The molecule has 1 aromatic carbocycles. The summed E-state index contributed by atoms with van der Waals surface area (Å²) >= 11 is 5.25. The van der Waals surface area contributed by atoms with Crippen LogP contribution >= 0.6 is 38.5 Å². The zero-order valence-electron chi connectivity index (χ0n) is 10.6. The van der Waals surface area contributed by atoms with E-state index >= 15 is 0 Å². The molecule has 3 heterocycles. The van der Waals surface area contributed by atoms with Crippen molar-refractivity contribution >= 4 is 44.5 Å². The van der Waals surface area contributed by atoms with Crippen LogP contribution in [-0.4, -0.2) is 20.6 Å². The van der Waals surface area contributed by atoms with Crippen LogP contribution in [-0.2, 0) is 0 Å². The summed E-state index contributed by atoms with van der Waals surface area (Å²) in [6.45, 7) is 0. The average Bonchev–Trinajstić information content (AvgIpc) is 2.57. The van der Waals surface area contributed by atoms with Crippen molar-refractivity contribution in [1.29, 1.82) is 0 Å². The summed E-state index contributed by atoms with van der Waals surface area (Å²) in [6, 6.07) is 3.52. The van der Waals surface area contributed by atoms with Crippen LogP contribution in [0, 0.1) is 9.52 Å². The van der Waals surface area contributed by atoms with E-state index in [1.54, 1.807) is 12.1 Å². The van der Waals surface area contributed by atoms with Crippen LogP contribution in [0.1, 0.15) is 40.9 Å². The van der Waals surface area contributed by atoms with Gasteiger partial charge in [-0.2, -0.15) is 0 Å². The van der Waals surface area contributed by atoms with Gasteiger partial charge >= 0.3 is 5.97 Å². The third-order valence-electron chi connectivity index (χ3n) is 4.31. The Balaban J connectivity index is 2.05. The first-order chi connectivity index (χ1) is 9.97. The van der Waals surface area contributed by atoms with Gasteiger partial charge in [-0.25, -0.2) is 14.2 Å². The van der Waals surface area contributed by atoms with E-state index in [4.69, 9.17) is 0 Å². The second kappa shape index (κ2) is 4.52. The Kier molecular flexibility index (Phi) is 2.94. The lowest BCUT2D eigenvalue weighted by Crippen LogP contribution is -2.24. The molecule has 21 heavy (non-hydrogen) atoms. The number of benzene rings is 1. The molecule has 0 amide bonds. The van der Waals surface area contributed by atoms with Crippen molar-refractivity contribution in [3.63, 3.8) is 0 Å². The smallest absolute Gasteiger partial charge is 0.357 e. The molecule has 0 spiro atoms. The first kappa shape index (κ1) is 13.7. The molecule has 1 aliphatic carbocycles. The summed E-state index contributed by atoms with van der Waals surface area (Å²) in [4.78, 5) is 15.6. The molecule has 0 unspecified atom stereocenters. The second-order valence-corrected chi connectivity index (χ2v) is 7.30. The lowest BCUT2D eigenvalue weighted by molar-refractivity contribution is 0.0689. The number of carbonyl (C=O) groups is 1. The van der Waals surface area contributed by atoms with E-state index in [2.05, 4.69) is 20.9 Å². The van der Waals surface area contributed by atoms with Gasteiger partial charge in [0.15, 0.2) is 5.69 Å². The number of halogens is 3. The SMILES string of the molecule is O=C(O)c1nc2n(c1I)C1CC(C1)c1cc(F)c(Br)cc1-2. The van der Waals surface area contributed by atoms with Crippen molar-refractivity contribution < 1.29 is 14.3 Å². The van der Waals surface area contributed by atoms with E-state index in [0.29, 0.717) is 19.9 Å². The highest BCUT2D eigenvalue weighted by molar-refractivity contribution is 14.1. The van der Waals surface area contributed by atoms with Gasteiger partial charge in [0.2, 0.25) is 0 Å². The number of carboxylic acid groups (broad SMARTS) is 1. The predicted octanol–water partition coefficient (Wildman–Crippen LogP) is 4.19. The summed E-state index contributed by atoms with van der Waals surface area (Å²) in [5, 5.41) is 9.28. The van der Waals surface area contributed by atoms with Crippen LogP contribution in [0.15, 0.2) is 16.6 Å². The van der Waals surface area contributed by atoms with Crippen LogP contribution in [0.25, 0.3) is 11.4 Å². The molecule has 1 saturated carbocycles. The van der Waals surface area contributed by atoms with Crippen LogP contribution in [0.4, 0.5) is 4.39 Å². The van der Waals surface area contributed by atoms with E-state index in [0.717, 1.165) is 24.0 Å². The molecule has 0 atom stereocenters. The van der Waals surface area contributed by atoms with E-state index in [9.17, 15) is 14.3 Å². The maximum Gasteiger partial charge on any atom is 0.357 e. The van der Waals surface area contributed by atoms with Gasteiger partial charge in [0.25, 0.3) is 0 Å². The Bertz CT molecular complexity index is 799. The van der Waals surface area contributed by atoms with Gasteiger partial charge in [0, 0.05) is 11.6 Å². The van der Waals surface area contributed by atoms with Gasteiger partial charge < -0.3 is 9.67 Å². The van der Waals surface area contributed by atoms with Crippen LogP contribution in [0.2, 0.25) is 0 Å². The van der Waals surface area contributed by atoms with Gasteiger partial charge in [-0.3, -0.25) is 0 Å². The van der Waals surface area contributed by atoms with Crippen LogP contribution in [0.5, 0.6) is 0 Å². The van der Waals surface area contributed by atoms with E-state index in [1.807, 2.05) is 27.2 Å². The van der Waals surface area contributed by atoms with Crippen molar-refractivity contribution in [1.82, 2.24) is 9.55 Å². The van der Waals surface area contributed by atoms with Gasteiger partial charge in [-0.05, 0) is 75.0 Å². The number of aromatic nitrogens is 2. The third-order valence-corrected chi connectivity index (χ3v) is 5.95. The molecule has 7 heteroatoms. The molecular formula is C14H9BrFIN2O2. The predicted molar refractivity (Wildman–Crippen MR) is 86.0 cm³/mol. The zero-order valence-corrected chi connectivity index (χ0v) is 14.4.